The van der Waals surface area contributed by atoms with E-state index in [4.69, 9.17) is 15.1 Å². The number of nitrogen functional groups attached to an aromatic ring is 1. The molecule has 4 aromatic rings. The summed E-state index contributed by atoms with van der Waals surface area (Å²) in [6.07, 6.45) is 7.63. The SMILES string of the molecule is Cc1cnc2ccc(-c3nc(C(O)NC4CC(N(C)C)C4)c(N)nc3-c3ncco3)cn12. The molecule has 10 nitrogen and oxygen atoms in total. The predicted octanol–water partition coefficient (Wildman–Crippen LogP) is 2.01. The van der Waals surface area contributed by atoms with Gasteiger partial charge in [-0.2, -0.15) is 0 Å². The van der Waals surface area contributed by atoms with Crippen LogP contribution in [0.15, 0.2) is 41.4 Å². The van der Waals surface area contributed by atoms with Gasteiger partial charge in [0, 0.05) is 35.7 Å². The molecule has 1 atom stereocenters. The Morgan fingerprint density at radius 1 is 1.22 bits per heavy atom. The van der Waals surface area contributed by atoms with Gasteiger partial charge in [0.25, 0.3) is 0 Å². The fourth-order valence-corrected chi connectivity index (χ4v) is 4.04. The molecule has 4 heterocycles. The zero-order chi connectivity index (χ0) is 22.4. The van der Waals surface area contributed by atoms with E-state index in [-0.39, 0.29) is 17.6 Å². The number of rotatable bonds is 6. The standard InChI is InChI=1S/C22H26N8O2/c1-12-10-25-16-5-4-13(11-30(12)16)17-18(22-24-6-7-32-22)28-20(23)19(27-17)21(31)26-14-8-15(9-14)29(2)3/h4-7,10-11,14-15,21,26,31H,8-9H2,1-3H3,(H2,23,28). The van der Waals surface area contributed by atoms with Crippen LogP contribution in [-0.2, 0) is 0 Å². The van der Waals surface area contributed by atoms with Crippen molar-refractivity contribution >= 4 is 11.5 Å². The van der Waals surface area contributed by atoms with E-state index in [0.717, 1.165) is 29.7 Å². The first-order chi connectivity index (χ1) is 15.4. The highest BCUT2D eigenvalue weighted by atomic mass is 16.3. The van der Waals surface area contributed by atoms with E-state index in [2.05, 4.69) is 39.3 Å². The molecule has 10 heteroatoms. The normalized spacial score (nSPS) is 19.4. The van der Waals surface area contributed by atoms with Crippen molar-refractivity contribution in [3.05, 3.63) is 48.4 Å². The summed E-state index contributed by atoms with van der Waals surface area (Å²) in [6, 6.07) is 4.52. The molecule has 5 rings (SSSR count). The van der Waals surface area contributed by atoms with Gasteiger partial charge in [-0.05, 0) is 46.0 Å². The summed E-state index contributed by atoms with van der Waals surface area (Å²) < 4.78 is 7.46. The molecular weight excluding hydrogens is 408 g/mol. The molecule has 4 aromatic heterocycles. The molecule has 4 N–H and O–H groups in total. The van der Waals surface area contributed by atoms with Gasteiger partial charge in [0.2, 0.25) is 5.89 Å². The van der Waals surface area contributed by atoms with Gasteiger partial charge in [-0.3, -0.25) is 5.32 Å². The van der Waals surface area contributed by atoms with Gasteiger partial charge in [0.15, 0.2) is 11.9 Å². The monoisotopic (exact) mass is 434 g/mol. The zero-order valence-corrected chi connectivity index (χ0v) is 18.2. The lowest BCUT2D eigenvalue weighted by Gasteiger charge is -2.41. The van der Waals surface area contributed by atoms with Crippen LogP contribution in [0.25, 0.3) is 28.5 Å². The Hall–Kier alpha value is -3.34. The van der Waals surface area contributed by atoms with Gasteiger partial charge in [-0.1, -0.05) is 0 Å². The van der Waals surface area contributed by atoms with E-state index in [0.29, 0.717) is 23.3 Å². The van der Waals surface area contributed by atoms with Gasteiger partial charge in [-0.25, -0.2) is 19.9 Å². The minimum Gasteiger partial charge on any atom is -0.443 e. The number of aliphatic hydroxyl groups is 1. The largest absolute Gasteiger partial charge is 0.443 e. The fraction of sp³-hybridized carbons (Fsp3) is 0.364. The summed E-state index contributed by atoms with van der Waals surface area (Å²) in [7, 11) is 4.13. The number of aliphatic hydroxyl groups excluding tert-OH is 1. The minimum absolute atomic E-state index is 0.130. The summed E-state index contributed by atoms with van der Waals surface area (Å²) in [5.74, 6) is 0.439. The number of aryl methyl sites for hydroxylation is 1. The number of pyridine rings is 1. The van der Waals surface area contributed by atoms with Crippen molar-refractivity contribution in [1.82, 2.24) is 34.6 Å². The van der Waals surface area contributed by atoms with E-state index in [1.165, 1.54) is 6.26 Å². The number of nitrogens with two attached hydrogens (primary N) is 1. The second-order valence-electron chi connectivity index (χ2n) is 8.43. The molecule has 0 bridgehead atoms. The average Bonchev–Trinajstić information content (AvgIpc) is 3.40. The van der Waals surface area contributed by atoms with E-state index in [1.807, 2.05) is 35.9 Å². The maximum atomic E-state index is 10.9. The van der Waals surface area contributed by atoms with Gasteiger partial charge in [-0.15, -0.1) is 0 Å². The molecule has 32 heavy (non-hydrogen) atoms. The Balaban J connectivity index is 1.54. The third-order valence-electron chi connectivity index (χ3n) is 6.05. The van der Waals surface area contributed by atoms with Crippen LogP contribution in [-0.4, -0.2) is 60.5 Å². The van der Waals surface area contributed by atoms with Crippen LogP contribution in [0.5, 0.6) is 0 Å². The fourth-order valence-electron chi connectivity index (χ4n) is 4.04. The highest BCUT2D eigenvalue weighted by molar-refractivity contribution is 5.76. The molecule has 1 aliphatic rings. The summed E-state index contributed by atoms with van der Waals surface area (Å²) in [4.78, 5) is 20.1. The first-order valence-corrected chi connectivity index (χ1v) is 10.5. The van der Waals surface area contributed by atoms with Crippen molar-refractivity contribution in [3.63, 3.8) is 0 Å². The Labute approximate surface area is 185 Å². The van der Waals surface area contributed by atoms with Crippen LogP contribution in [0.1, 0.15) is 30.5 Å². The lowest BCUT2D eigenvalue weighted by atomic mass is 9.86. The summed E-state index contributed by atoms with van der Waals surface area (Å²) in [6.45, 7) is 1.98. The maximum Gasteiger partial charge on any atom is 0.247 e. The number of nitrogens with zero attached hydrogens (tertiary/aromatic N) is 6. The lowest BCUT2D eigenvalue weighted by molar-refractivity contribution is 0.0671. The molecule has 0 saturated heterocycles. The molecule has 166 valence electrons. The van der Waals surface area contributed by atoms with Crippen LogP contribution in [0.2, 0.25) is 0 Å². The average molecular weight is 435 g/mol. The zero-order valence-electron chi connectivity index (χ0n) is 18.2. The predicted molar refractivity (Wildman–Crippen MR) is 119 cm³/mol. The molecule has 1 aliphatic carbocycles. The Bertz CT molecular complexity index is 1240. The van der Waals surface area contributed by atoms with Gasteiger partial charge in [0.05, 0.1) is 6.20 Å². The Kier molecular flexibility index (Phi) is 5.12. The van der Waals surface area contributed by atoms with Crippen LogP contribution < -0.4 is 11.1 Å². The number of nitrogens with one attached hydrogen (secondary N) is 1. The van der Waals surface area contributed by atoms with Gasteiger partial charge >= 0.3 is 0 Å². The number of anilines is 1. The third kappa shape index (κ3) is 3.62. The molecule has 0 spiro atoms. The van der Waals surface area contributed by atoms with Crippen LogP contribution in [0, 0.1) is 6.92 Å². The van der Waals surface area contributed by atoms with Gasteiger partial charge < -0.3 is 24.6 Å². The topological polar surface area (TPSA) is 131 Å². The van der Waals surface area contributed by atoms with E-state index >= 15 is 0 Å². The molecule has 0 aliphatic heterocycles. The van der Waals surface area contributed by atoms with E-state index in [9.17, 15) is 5.11 Å². The lowest BCUT2D eigenvalue weighted by Crippen LogP contribution is -2.51. The molecule has 0 amide bonds. The first kappa shape index (κ1) is 20.6. The molecule has 0 aromatic carbocycles. The number of aromatic nitrogens is 5. The van der Waals surface area contributed by atoms with Crippen LogP contribution >= 0.6 is 0 Å². The number of fused-ring (bicyclic) bond motifs is 1. The number of imidazole rings is 1. The maximum absolute atomic E-state index is 10.9. The van der Waals surface area contributed by atoms with Crippen LogP contribution in [0.4, 0.5) is 5.82 Å². The van der Waals surface area contributed by atoms with Crippen molar-refractivity contribution in [1.29, 1.82) is 0 Å². The number of hydrogen-bond donors (Lipinski definition) is 3. The third-order valence-corrected chi connectivity index (χ3v) is 6.05. The first-order valence-electron chi connectivity index (χ1n) is 10.5. The van der Waals surface area contributed by atoms with Crippen molar-refractivity contribution in [2.45, 2.75) is 38.1 Å². The number of oxazole rings is 1. The molecule has 1 fully saturated rings. The summed E-state index contributed by atoms with van der Waals surface area (Å²) in [5, 5.41) is 14.1. The summed E-state index contributed by atoms with van der Waals surface area (Å²) in [5.41, 5.74) is 10.0. The second-order valence-corrected chi connectivity index (χ2v) is 8.43. The molecule has 0 radical (unpaired) electrons. The summed E-state index contributed by atoms with van der Waals surface area (Å²) >= 11 is 0. The van der Waals surface area contributed by atoms with Crippen molar-refractivity contribution in [2.24, 2.45) is 0 Å². The van der Waals surface area contributed by atoms with Crippen molar-refractivity contribution < 1.29 is 9.52 Å². The van der Waals surface area contributed by atoms with Gasteiger partial charge in [0.1, 0.15) is 29.1 Å². The van der Waals surface area contributed by atoms with Crippen LogP contribution in [0.3, 0.4) is 0 Å². The minimum atomic E-state index is -1.04. The van der Waals surface area contributed by atoms with Crippen molar-refractivity contribution in [2.75, 3.05) is 19.8 Å². The molecule has 1 saturated carbocycles. The quantitative estimate of drug-likeness (QED) is 0.390. The Morgan fingerprint density at radius 3 is 2.75 bits per heavy atom. The highest BCUT2D eigenvalue weighted by Crippen LogP contribution is 2.33. The van der Waals surface area contributed by atoms with E-state index < -0.39 is 6.23 Å². The molecular formula is C22H26N8O2. The Morgan fingerprint density at radius 2 is 2.03 bits per heavy atom. The van der Waals surface area contributed by atoms with Crippen molar-refractivity contribution in [3.8, 4) is 22.8 Å². The smallest absolute Gasteiger partial charge is 0.247 e. The highest BCUT2D eigenvalue weighted by Gasteiger charge is 2.33. The molecule has 1 unspecified atom stereocenters. The second kappa shape index (κ2) is 7.97. The van der Waals surface area contributed by atoms with E-state index in [1.54, 1.807) is 6.20 Å². The number of hydrogen-bond acceptors (Lipinski definition) is 9.